The van der Waals surface area contributed by atoms with Crippen molar-refractivity contribution in [2.75, 3.05) is 11.9 Å². The number of amides is 1. The summed E-state index contributed by atoms with van der Waals surface area (Å²) in [6, 6.07) is 7.61. The second kappa shape index (κ2) is 9.95. The van der Waals surface area contributed by atoms with E-state index >= 15 is 0 Å². The number of nitrogens with zero attached hydrogens (tertiary/aromatic N) is 3. The zero-order valence-electron chi connectivity index (χ0n) is 18.1. The fourth-order valence-electron chi connectivity index (χ4n) is 2.52. The van der Waals surface area contributed by atoms with Crippen LogP contribution < -0.4 is 20.7 Å². The van der Waals surface area contributed by atoms with Gasteiger partial charge in [-0.15, -0.1) is 0 Å². The van der Waals surface area contributed by atoms with Gasteiger partial charge < -0.3 is 20.7 Å². The van der Waals surface area contributed by atoms with Gasteiger partial charge in [0.15, 0.2) is 5.96 Å². The van der Waals surface area contributed by atoms with Crippen molar-refractivity contribution < 1.29 is 9.53 Å². The minimum atomic E-state index is -0.286. The number of carbonyl (C=O) groups excluding carboxylic acids is 1. The number of aryl methyl sites for hydroxylation is 1. The number of aliphatic imine (C=N–C) groups is 1. The third-order valence-corrected chi connectivity index (χ3v) is 3.60. The monoisotopic (exact) mass is 400 g/mol. The lowest BCUT2D eigenvalue weighted by Crippen LogP contribution is -2.46. The zero-order chi connectivity index (χ0) is 21.4. The van der Waals surface area contributed by atoms with Gasteiger partial charge in [0.2, 0.25) is 5.91 Å². The molecule has 1 heterocycles. The Kier molecular flexibility index (Phi) is 7.64. The average molecular weight is 401 g/mol. The van der Waals surface area contributed by atoms with Gasteiger partial charge in [-0.3, -0.25) is 9.48 Å². The Morgan fingerprint density at radius 2 is 1.93 bits per heavy atom. The number of ether oxygens (including phenoxy) is 1. The number of hydrogen-bond donors (Lipinski definition) is 3. The van der Waals surface area contributed by atoms with Crippen molar-refractivity contribution in [3.63, 3.8) is 0 Å². The Balaban J connectivity index is 2.05. The van der Waals surface area contributed by atoms with Crippen molar-refractivity contribution in [3.8, 4) is 5.75 Å². The number of hydrogen-bond acceptors (Lipinski definition) is 4. The molecule has 0 aliphatic carbocycles. The quantitative estimate of drug-likeness (QED) is 0.491. The van der Waals surface area contributed by atoms with Crippen molar-refractivity contribution in [2.24, 2.45) is 12.0 Å². The molecule has 158 valence electrons. The molecule has 3 N–H and O–H groups in total. The number of rotatable bonds is 7. The largest absolute Gasteiger partial charge is 0.491 e. The van der Waals surface area contributed by atoms with Crippen LogP contribution in [0.1, 0.15) is 40.2 Å². The first-order valence-electron chi connectivity index (χ1n) is 9.71. The molecule has 1 amide bonds. The van der Waals surface area contributed by atoms with Crippen LogP contribution in [0.25, 0.3) is 0 Å². The Bertz CT molecular complexity index is 818. The highest BCUT2D eigenvalue weighted by Gasteiger charge is 2.14. The molecule has 0 atom stereocenters. The van der Waals surface area contributed by atoms with E-state index in [2.05, 4.69) is 26.0 Å². The van der Waals surface area contributed by atoms with Crippen molar-refractivity contribution >= 4 is 17.6 Å². The van der Waals surface area contributed by atoms with E-state index < -0.39 is 0 Å². The molecule has 0 saturated heterocycles. The molecule has 8 nitrogen and oxygen atoms in total. The molecule has 1 aromatic heterocycles. The minimum Gasteiger partial charge on any atom is -0.491 e. The number of anilines is 1. The van der Waals surface area contributed by atoms with Crippen LogP contribution in [-0.2, 0) is 18.4 Å². The zero-order valence-corrected chi connectivity index (χ0v) is 18.1. The van der Waals surface area contributed by atoms with E-state index in [4.69, 9.17) is 4.74 Å². The van der Waals surface area contributed by atoms with Crippen LogP contribution >= 0.6 is 0 Å². The summed E-state index contributed by atoms with van der Waals surface area (Å²) in [4.78, 5) is 16.7. The van der Waals surface area contributed by atoms with Crippen LogP contribution in [0.2, 0.25) is 0 Å². The van der Waals surface area contributed by atoms with Gasteiger partial charge in [-0.1, -0.05) is 0 Å². The minimum absolute atomic E-state index is 0.103. The SMILES string of the molecule is CC(C)Oc1ccc(NC(=NCc2cnn(C)c2)NCC(=O)NC(C)(C)C)cc1. The highest BCUT2D eigenvalue weighted by molar-refractivity contribution is 5.96. The highest BCUT2D eigenvalue weighted by Crippen LogP contribution is 2.17. The molecule has 0 aliphatic rings. The fourth-order valence-corrected chi connectivity index (χ4v) is 2.52. The molecule has 2 rings (SSSR count). The molecule has 29 heavy (non-hydrogen) atoms. The third kappa shape index (κ3) is 8.68. The van der Waals surface area contributed by atoms with Crippen molar-refractivity contribution in [2.45, 2.75) is 52.8 Å². The summed E-state index contributed by atoms with van der Waals surface area (Å²) in [5, 5.41) is 13.4. The standard InChI is InChI=1S/C21H32N6O2/c1-15(2)29-18-9-7-17(8-10-18)25-20(22-11-16-12-24-27(6)14-16)23-13-19(28)26-21(3,4)5/h7-10,12,14-15H,11,13H2,1-6H3,(H,26,28)(H2,22,23,25). The Morgan fingerprint density at radius 1 is 1.24 bits per heavy atom. The normalized spacial score (nSPS) is 12.0. The molecule has 0 saturated carbocycles. The van der Waals surface area contributed by atoms with Crippen LogP contribution in [0.4, 0.5) is 5.69 Å². The summed E-state index contributed by atoms with van der Waals surface area (Å²) in [7, 11) is 1.86. The highest BCUT2D eigenvalue weighted by atomic mass is 16.5. The molecule has 0 spiro atoms. The maximum atomic E-state index is 12.2. The lowest BCUT2D eigenvalue weighted by molar-refractivity contribution is -0.121. The fraction of sp³-hybridized carbons (Fsp3) is 0.476. The molecule has 8 heteroatoms. The molecule has 2 aromatic rings. The second-order valence-electron chi connectivity index (χ2n) is 8.15. The lowest BCUT2D eigenvalue weighted by Gasteiger charge is -2.21. The van der Waals surface area contributed by atoms with Gasteiger partial charge >= 0.3 is 0 Å². The third-order valence-electron chi connectivity index (χ3n) is 3.60. The van der Waals surface area contributed by atoms with Crippen molar-refractivity contribution in [1.29, 1.82) is 0 Å². The summed E-state index contributed by atoms with van der Waals surface area (Å²) in [6.45, 7) is 10.4. The molecular formula is C21H32N6O2. The van der Waals surface area contributed by atoms with Crippen molar-refractivity contribution in [1.82, 2.24) is 20.4 Å². The maximum Gasteiger partial charge on any atom is 0.239 e. The smallest absolute Gasteiger partial charge is 0.239 e. The van der Waals surface area contributed by atoms with E-state index in [0.29, 0.717) is 12.5 Å². The van der Waals surface area contributed by atoms with Crippen LogP contribution in [0.15, 0.2) is 41.7 Å². The van der Waals surface area contributed by atoms with Gasteiger partial charge in [-0.2, -0.15) is 5.10 Å². The molecule has 0 unspecified atom stereocenters. The molecule has 1 aromatic carbocycles. The van der Waals surface area contributed by atoms with Crippen LogP contribution in [0, 0.1) is 0 Å². The number of nitrogens with one attached hydrogen (secondary N) is 3. The first-order chi connectivity index (χ1) is 13.6. The second-order valence-corrected chi connectivity index (χ2v) is 8.15. The number of benzene rings is 1. The molecule has 0 aliphatic heterocycles. The Hall–Kier alpha value is -3.03. The van der Waals surface area contributed by atoms with Gasteiger partial charge in [-0.05, 0) is 58.9 Å². The van der Waals surface area contributed by atoms with Gasteiger partial charge in [0, 0.05) is 30.0 Å². The summed E-state index contributed by atoms with van der Waals surface area (Å²) in [5.41, 5.74) is 1.54. The van der Waals surface area contributed by atoms with Crippen LogP contribution in [0.5, 0.6) is 5.75 Å². The van der Waals surface area contributed by atoms with Gasteiger partial charge in [0.05, 0.1) is 25.4 Å². The van der Waals surface area contributed by atoms with Crippen LogP contribution in [0.3, 0.4) is 0 Å². The summed E-state index contributed by atoms with van der Waals surface area (Å²) in [6.07, 6.45) is 3.80. The van der Waals surface area contributed by atoms with Gasteiger partial charge in [0.25, 0.3) is 0 Å². The van der Waals surface area contributed by atoms with E-state index in [9.17, 15) is 4.79 Å². The predicted octanol–water partition coefficient (Wildman–Crippen LogP) is 2.68. The number of guanidine groups is 1. The summed E-state index contributed by atoms with van der Waals surface area (Å²) >= 11 is 0. The van der Waals surface area contributed by atoms with E-state index in [-0.39, 0.29) is 24.1 Å². The van der Waals surface area contributed by atoms with Crippen molar-refractivity contribution in [3.05, 3.63) is 42.2 Å². The Morgan fingerprint density at radius 3 is 2.48 bits per heavy atom. The van der Waals surface area contributed by atoms with Gasteiger partial charge in [0.1, 0.15) is 5.75 Å². The van der Waals surface area contributed by atoms with Gasteiger partial charge in [-0.25, -0.2) is 4.99 Å². The van der Waals surface area contributed by atoms with E-state index in [0.717, 1.165) is 17.0 Å². The maximum absolute atomic E-state index is 12.2. The first kappa shape index (κ1) is 22.3. The Labute approximate surface area is 172 Å². The summed E-state index contributed by atoms with van der Waals surface area (Å²) in [5.74, 6) is 1.21. The van der Waals surface area contributed by atoms with E-state index in [1.807, 2.05) is 72.1 Å². The summed E-state index contributed by atoms with van der Waals surface area (Å²) < 4.78 is 7.40. The first-order valence-corrected chi connectivity index (χ1v) is 9.71. The topological polar surface area (TPSA) is 92.6 Å². The van der Waals surface area contributed by atoms with E-state index in [1.165, 1.54) is 0 Å². The lowest BCUT2D eigenvalue weighted by atomic mass is 10.1. The molecule has 0 bridgehead atoms. The molecular weight excluding hydrogens is 368 g/mol. The number of carbonyl (C=O) groups is 1. The van der Waals surface area contributed by atoms with Crippen LogP contribution in [-0.4, -0.2) is 39.8 Å². The number of aromatic nitrogens is 2. The molecule has 0 radical (unpaired) electrons. The molecule has 0 fully saturated rings. The average Bonchev–Trinajstić information content (AvgIpc) is 3.02. The van der Waals surface area contributed by atoms with E-state index in [1.54, 1.807) is 10.9 Å². The predicted molar refractivity (Wildman–Crippen MR) is 116 cm³/mol.